The molecule has 0 radical (unpaired) electrons. The van der Waals surface area contributed by atoms with Crippen molar-refractivity contribution in [3.63, 3.8) is 0 Å². The molecule has 0 aromatic heterocycles. The van der Waals surface area contributed by atoms with Crippen LogP contribution in [0.3, 0.4) is 0 Å². The number of hydrogen-bond acceptors (Lipinski definition) is 0. The van der Waals surface area contributed by atoms with Crippen LogP contribution in [-0.2, 0) is 0 Å². The monoisotopic (exact) mass is 168 g/mol. The van der Waals surface area contributed by atoms with E-state index in [9.17, 15) is 0 Å². The Morgan fingerprint density at radius 1 is 0.750 bits per heavy atom. The number of allylic oxidation sites excluding steroid dienone is 2. The van der Waals surface area contributed by atoms with Crippen molar-refractivity contribution in [1.29, 1.82) is 0 Å². The Balaban J connectivity index is 0.000000561. The maximum Gasteiger partial charge on any atom is -0.0174 e. The predicted molar refractivity (Wildman–Crippen MR) is 57.3 cm³/mol. The summed E-state index contributed by atoms with van der Waals surface area (Å²) < 4.78 is 0. The first-order valence-electron chi connectivity index (χ1n) is 5.12. The minimum absolute atomic E-state index is 0.454. The van der Waals surface area contributed by atoms with Gasteiger partial charge in [0.1, 0.15) is 0 Å². The summed E-state index contributed by atoms with van der Waals surface area (Å²) in [6.45, 7) is 13.2. The van der Waals surface area contributed by atoms with E-state index in [1.54, 1.807) is 0 Å². The van der Waals surface area contributed by atoms with Gasteiger partial charge in [-0.15, -0.1) is 0 Å². The van der Waals surface area contributed by atoms with Gasteiger partial charge < -0.3 is 0 Å². The molecule has 0 saturated heterocycles. The van der Waals surface area contributed by atoms with E-state index in [4.69, 9.17) is 0 Å². The van der Waals surface area contributed by atoms with E-state index in [2.05, 4.69) is 39.8 Å². The van der Waals surface area contributed by atoms with Crippen LogP contribution in [0.15, 0.2) is 12.2 Å². The minimum Gasteiger partial charge on any atom is -0.0823 e. The standard InChI is InChI=1S/C10H18.C2H6/c1-9(2)5-7-10(3,4)8-6-9;1-2/h5,7H,6,8H2,1-4H3;1-2H3. The number of hydrogen-bond donors (Lipinski definition) is 0. The highest BCUT2D eigenvalue weighted by Gasteiger charge is 2.25. The first-order valence-corrected chi connectivity index (χ1v) is 5.12. The van der Waals surface area contributed by atoms with Crippen molar-refractivity contribution in [2.75, 3.05) is 0 Å². The van der Waals surface area contributed by atoms with Crippen LogP contribution >= 0.6 is 0 Å². The molecule has 0 heteroatoms. The zero-order chi connectivity index (χ0) is 9.83. The van der Waals surface area contributed by atoms with Gasteiger partial charge in [0.05, 0.1) is 0 Å². The van der Waals surface area contributed by atoms with E-state index < -0.39 is 0 Å². The summed E-state index contributed by atoms with van der Waals surface area (Å²) in [4.78, 5) is 0. The summed E-state index contributed by atoms with van der Waals surface area (Å²) >= 11 is 0. The van der Waals surface area contributed by atoms with E-state index in [1.807, 2.05) is 13.8 Å². The van der Waals surface area contributed by atoms with Crippen molar-refractivity contribution in [3.8, 4) is 0 Å². The molecule has 0 heterocycles. The molecule has 72 valence electrons. The lowest BCUT2D eigenvalue weighted by molar-refractivity contribution is 0.299. The minimum atomic E-state index is 0.454. The fourth-order valence-electron chi connectivity index (χ4n) is 1.26. The Bertz CT molecular complexity index is 131. The highest BCUT2D eigenvalue weighted by Crippen LogP contribution is 2.38. The second-order valence-electron chi connectivity index (χ2n) is 4.81. The molecular formula is C12H24. The molecule has 12 heavy (non-hydrogen) atoms. The zero-order valence-corrected chi connectivity index (χ0v) is 9.57. The van der Waals surface area contributed by atoms with E-state index >= 15 is 0 Å². The van der Waals surface area contributed by atoms with Crippen LogP contribution in [0.25, 0.3) is 0 Å². The van der Waals surface area contributed by atoms with Crippen LogP contribution < -0.4 is 0 Å². The molecule has 1 aliphatic carbocycles. The largest absolute Gasteiger partial charge is 0.0823 e. The highest BCUT2D eigenvalue weighted by atomic mass is 14.3. The van der Waals surface area contributed by atoms with Crippen LogP contribution in [0, 0.1) is 10.8 Å². The van der Waals surface area contributed by atoms with Gasteiger partial charge in [-0.25, -0.2) is 0 Å². The first kappa shape index (κ1) is 11.7. The molecule has 0 saturated carbocycles. The van der Waals surface area contributed by atoms with Gasteiger partial charge in [-0.1, -0.05) is 53.7 Å². The lowest BCUT2D eigenvalue weighted by Gasteiger charge is -2.33. The maximum atomic E-state index is 2.36. The van der Waals surface area contributed by atoms with Crippen LogP contribution in [0.4, 0.5) is 0 Å². The van der Waals surface area contributed by atoms with Gasteiger partial charge in [0.15, 0.2) is 0 Å². The Hall–Kier alpha value is -0.260. The fraction of sp³-hybridized carbons (Fsp3) is 0.833. The fourth-order valence-corrected chi connectivity index (χ4v) is 1.26. The normalized spacial score (nSPS) is 24.2. The third kappa shape index (κ3) is 3.94. The van der Waals surface area contributed by atoms with E-state index in [-0.39, 0.29) is 0 Å². The average molecular weight is 168 g/mol. The average Bonchev–Trinajstić information content (AvgIpc) is 2.01. The van der Waals surface area contributed by atoms with E-state index in [0.717, 1.165) is 0 Å². The van der Waals surface area contributed by atoms with Gasteiger partial charge in [0.2, 0.25) is 0 Å². The molecule has 0 aromatic carbocycles. The molecule has 0 aromatic rings. The van der Waals surface area contributed by atoms with Crippen molar-refractivity contribution < 1.29 is 0 Å². The predicted octanol–water partition coefficient (Wildman–Crippen LogP) is 4.42. The van der Waals surface area contributed by atoms with Crippen LogP contribution in [0.5, 0.6) is 0 Å². The summed E-state index contributed by atoms with van der Waals surface area (Å²) in [5.74, 6) is 0. The third-order valence-corrected chi connectivity index (χ3v) is 2.40. The summed E-state index contributed by atoms with van der Waals surface area (Å²) in [6.07, 6.45) is 7.38. The lowest BCUT2D eigenvalue weighted by atomic mass is 9.73. The third-order valence-electron chi connectivity index (χ3n) is 2.40. The Kier molecular flexibility index (Phi) is 4.02. The second-order valence-corrected chi connectivity index (χ2v) is 4.81. The summed E-state index contributed by atoms with van der Waals surface area (Å²) in [5, 5.41) is 0. The lowest BCUT2D eigenvalue weighted by Crippen LogP contribution is -2.20. The zero-order valence-electron chi connectivity index (χ0n) is 9.57. The van der Waals surface area contributed by atoms with Crippen LogP contribution in [0.1, 0.15) is 54.4 Å². The molecule has 0 bridgehead atoms. The van der Waals surface area contributed by atoms with Crippen molar-refractivity contribution >= 4 is 0 Å². The van der Waals surface area contributed by atoms with Gasteiger partial charge in [-0.05, 0) is 23.7 Å². The molecule has 0 N–H and O–H groups in total. The van der Waals surface area contributed by atoms with Crippen LogP contribution in [-0.4, -0.2) is 0 Å². The van der Waals surface area contributed by atoms with E-state index in [0.29, 0.717) is 10.8 Å². The molecule has 0 spiro atoms. The quantitative estimate of drug-likeness (QED) is 0.470. The molecule has 0 amide bonds. The first-order chi connectivity index (χ1) is 5.41. The molecule has 0 atom stereocenters. The number of rotatable bonds is 0. The van der Waals surface area contributed by atoms with Crippen molar-refractivity contribution in [1.82, 2.24) is 0 Å². The summed E-state index contributed by atoms with van der Waals surface area (Å²) in [7, 11) is 0. The second kappa shape index (κ2) is 4.11. The smallest absolute Gasteiger partial charge is 0.0174 e. The summed E-state index contributed by atoms with van der Waals surface area (Å²) in [6, 6.07) is 0. The topological polar surface area (TPSA) is 0 Å². The van der Waals surface area contributed by atoms with Crippen molar-refractivity contribution in [2.45, 2.75) is 54.4 Å². The Morgan fingerprint density at radius 3 is 1.17 bits per heavy atom. The SMILES string of the molecule is CC.CC1(C)C=CC(C)(C)CC1. The molecule has 0 nitrogen and oxygen atoms in total. The Labute approximate surface area is 78.1 Å². The molecule has 0 aliphatic heterocycles. The van der Waals surface area contributed by atoms with Crippen molar-refractivity contribution in [2.24, 2.45) is 10.8 Å². The van der Waals surface area contributed by atoms with E-state index in [1.165, 1.54) is 12.8 Å². The van der Waals surface area contributed by atoms with Gasteiger partial charge in [-0.3, -0.25) is 0 Å². The van der Waals surface area contributed by atoms with Crippen molar-refractivity contribution in [3.05, 3.63) is 12.2 Å². The molecular weight excluding hydrogens is 144 g/mol. The Morgan fingerprint density at radius 2 is 1.00 bits per heavy atom. The van der Waals surface area contributed by atoms with Crippen LogP contribution in [0.2, 0.25) is 0 Å². The van der Waals surface area contributed by atoms with Gasteiger partial charge >= 0.3 is 0 Å². The maximum absolute atomic E-state index is 2.36. The molecule has 1 aliphatic rings. The molecule has 1 rings (SSSR count). The van der Waals surface area contributed by atoms with Gasteiger partial charge in [0, 0.05) is 0 Å². The van der Waals surface area contributed by atoms with Gasteiger partial charge in [-0.2, -0.15) is 0 Å². The summed E-state index contributed by atoms with van der Waals surface area (Å²) in [5.41, 5.74) is 0.908. The molecule has 0 fully saturated rings. The molecule has 0 unspecified atom stereocenters. The highest BCUT2D eigenvalue weighted by molar-refractivity contribution is 5.06. The van der Waals surface area contributed by atoms with Gasteiger partial charge in [0.25, 0.3) is 0 Å².